The number of nitriles is 1. The smallest absolute Gasteiger partial charge is 0.0771 e. The van der Waals surface area contributed by atoms with Gasteiger partial charge in [-0.2, -0.15) is 5.26 Å². The van der Waals surface area contributed by atoms with Crippen LogP contribution < -0.4 is 0 Å². The van der Waals surface area contributed by atoms with E-state index in [0.717, 1.165) is 24.5 Å². The van der Waals surface area contributed by atoms with Crippen LogP contribution in [0.25, 0.3) is 0 Å². The van der Waals surface area contributed by atoms with E-state index in [4.69, 9.17) is 10.4 Å². The van der Waals surface area contributed by atoms with Crippen LogP contribution in [0.4, 0.5) is 0 Å². The Bertz CT molecular complexity index is 491. The first-order valence-corrected chi connectivity index (χ1v) is 7.75. The van der Waals surface area contributed by atoms with Crippen molar-refractivity contribution in [3.63, 3.8) is 0 Å². The minimum absolute atomic E-state index is 0.113. The van der Waals surface area contributed by atoms with E-state index in [1.165, 1.54) is 4.88 Å². The Morgan fingerprint density at radius 1 is 1.35 bits per heavy atom. The number of aliphatic hydroxyl groups is 1. The third-order valence-electron chi connectivity index (χ3n) is 2.65. The molecule has 1 N–H and O–H groups in total. The molecule has 1 aromatic heterocycles. The molecule has 3 nitrogen and oxygen atoms in total. The van der Waals surface area contributed by atoms with Gasteiger partial charge in [-0.1, -0.05) is 25.7 Å². The molecule has 108 valence electrons. The normalized spacial score (nSPS) is 10.4. The predicted molar refractivity (Wildman–Crippen MR) is 83.2 cm³/mol. The molecule has 0 saturated carbocycles. The standard InChI is InChI=1S/C16H22N2OS/c1-14(2)12-18(10-5-9-17)13-16-8-7-15(20-16)6-3-4-11-19/h7-8,14,19H,4-5,10-13H2,1-2H3. The molecule has 0 fully saturated rings. The number of aliphatic hydroxyl groups excluding tert-OH is 1. The van der Waals surface area contributed by atoms with Crippen LogP contribution in [0.15, 0.2) is 12.1 Å². The van der Waals surface area contributed by atoms with Gasteiger partial charge >= 0.3 is 0 Å². The molecule has 0 atom stereocenters. The molecule has 20 heavy (non-hydrogen) atoms. The lowest BCUT2D eigenvalue weighted by atomic mass is 10.2. The predicted octanol–water partition coefficient (Wildman–Crippen LogP) is 2.85. The van der Waals surface area contributed by atoms with Crippen molar-refractivity contribution in [2.75, 3.05) is 19.7 Å². The first-order valence-electron chi connectivity index (χ1n) is 6.93. The van der Waals surface area contributed by atoms with Gasteiger partial charge in [0.15, 0.2) is 0 Å². The zero-order valence-electron chi connectivity index (χ0n) is 12.2. The third-order valence-corrected chi connectivity index (χ3v) is 3.64. The second-order valence-corrected chi connectivity index (χ2v) is 6.25. The summed E-state index contributed by atoms with van der Waals surface area (Å²) in [5, 5.41) is 17.4. The summed E-state index contributed by atoms with van der Waals surface area (Å²) in [6.07, 6.45) is 1.09. The summed E-state index contributed by atoms with van der Waals surface area (Å²) in [7, 11) is 0. The van der Waals surface area contributed by atoms with Crippen molar-refractivity contribution >= 4 is 11.3 Å². The Hall–Kier alpha value is -1.33. The topological polar surface area (TPSA) is 47.3 Å². The highest BCUT2D eigenvalue weighted by Gasteiger charge is 2.09. The number of hydrogen-bond donors (Lipinski definition) is 1. The van der Waals surface area contributed by atoms with Gasteiger partial charge in [-0.05, 0) is 18.1 Å². The van der Waals surface area contributed by atoms with Crippen molar-refractivity contribution in [3.8, 4) is 17.9 Å². The van der Waals surface area contributed by atoms with E-state index in [9.17, 15) is 0 Å². The van der Waals surface area contributed by atoms with Gasteiger partial charge in [0.25, 0.3) is 0 Å². The van der Waals surface area contributed by atoms with E-state index in [-0.39, 0.29) is 6.61 Å². The molecule has 0 bridgehead atoms. The number of rotatable bonds is 7. The summed E-state index contributed by atoms with van der Waals surface area (Å²) in [6.45, 7) is 7.20. The van der Waals surface area contributed by atoms with Crippen molar-refractivity contribution in [2.24, 2.45) is 5.92 Å². The summed E-state index contributed by atoms with van der Waals surface area (Å²) in [5.74, 6) is 6.59. The Labute approximate surface area is 125 Å². The van der Waals surface area contributed by atoms with Crippen LogP contribution in [0.3, 0.4) is 0 Å². The Kier molecular flexibility index (Phi) is 7.99. The number of hydrogen-bond acceptors (Lipinski definition) is 4. The average molecular weight is 290 g/mol. The lowest BCUT2D eigenvalue weighted by Crippen LogP contribution is -2.27. The van der Waals surface area contributed by atoms with Crippen molar-refractivity contribution in [3.05, 3.63) is 21.9 Å². The first-order chi connectivity index (χ1) is 9.65. The molecule has 0 unspecified atom stereocenters. The molecule has 0 radical (unpaired) electrons. The maximum Gasteiger partial charge on any atom is 0.0771 e. The molecule has 0 aliphatic heterocycles. The minimum atomic E-state index is 0.113. The van der Waals surface area contributed by atoms with Crippen LogP contribution in [-0.2, 0) is 6.54 Å². The van der Waals surface area contributed by atoms with Gasteiger partial charge < -0.3 is 5.11 Å². The molecular weight excluding hydrogens is 268 g/mol. The minimum Gasteiger partial charge on any atom is -0.395 e. The fourth-order valence-electron chi connectivity index (χ4n) is 1.92. The molecule has 1 rings (SSSR count). The van der Waals surface area contributed by atoms with Crippen LogP contribution in [0.1, 0.15) is 36.4 Å². The van der Waals surface area contributed by atoms with Gasteiger partial charge in [-0.25, -0.2) is 0 Å². The van der Waals surface area contributed by atoms with Crippen molar-refractivity contribution in [1.82, 2.24) is 4.90 Å². The second-order valence-electron chi connectivity index (χ2n) is 5.08. The molecule has 0 amide bonds. The van der Waals surface area contributed by atoms with E-state index in [0.29, 0.717) is 18.8 Å². The highest BCUT2D eigenvalue weighted by Crippen LogP contribution is 2.18. The highest BCUT2D eigenvalue weighted by molar-refractivity contribution is 7.12. The number of nitrogens with zero attached hydrogens (tertiary/aromatic N) is 2. The largest absolute Gasteiger partial charge is 0.395 e. The molecule has 0 aromatic carbocycles. The Morgan fingerprint density at radius 3 is 2.80 bits per heavy atom. The van der Waals surface area contributed by atoms with Crippen LogP contribution in [0, 0.1) is 29.1 Å². The van der Waals surface area contributed by atoms with Crippen LogP contribution in [0.2, 0.25) is 0 Å². The zero-order valence-corrected chi connectivity index (χ0v) is 13.0. The van der Waals surface area contributed by atoms with Gasteiger partial charge in [0.05, 0.1) is 17.6 Å². The van der Waals surface area contributed by atoms with Gasteiger partial charge in [0, 0.05) is 37.4 Å². The van der Waals surface area contributed by atoms with Crippen LogP contribution in [-0.4, -0.2) is 29.7 Å². The van der Waals surface area contributed by atoms with Gasteiger partial charge in [-0.15, -0.1) is 11.3 Å². The highest BCUT2D eigenvalue weighted by atomic mass is 32.1. The third kappa shape index (κ3) is 6.73. The second kappa shape index (κ2) is 9.55. The fourth-order valence-corrected chi connectivity index (χ4v) is 2.84. The van der Waals surface area contributed by atoms with E-state index < -0.39 is 0 Å². The monoisotopic (exact) mass is 290 g/mol. The summed E-state index contributed by atoms with van der Waals surface area (Å²) in [6, 6.07) is 6.35. The molecule has 0 saturated heterocycles. The lowest BCUT2D eigenvalue weighted by molar-refractivity contribution is 0.243. The molecule has 4 heteroatoms. The van der Waals surface area contributed by atoms with E-state index in [1.54, 1.807) is 11.3 Å². The van der Waals surface area contributed by atoms with E-state index in [2.05, 4.69) is 42.7 Å². The average Bonchev–Trinajstić information content (AvgIpc) is 2.83. The summed E-state index contributed by atoms with van der Waals surface area (Å²) >= 11 is 1.69. The summed E-state index contributed by atoms with van der Waals surface area (Å²) in [5.41, 5.74) is 0. The maximum absolute atomic E-state index is 8.73. The van der Waals surface area contributed by atoms with Gasteiger partial charge in [0.2, 0.25) is 0 Å². The molecule has 1 heterocycles. The van der Waals surface area contributed by atoms with Gasteiger partial charge in [0.1, 0.15) is 0 Å². The first kappa shape index (κ1) is 16.7. The molecule has 0 aliphatic carbocycles. The Morgan fingerprint density at radius 2 is 2.15 bits per heavy atom. The van der Waals surface area contributed by atoms with Crippen molar-refractivity contribution in [1.29, 1.82) is 5.26 Å². The van der Waals surface area contributed by atoms with Gasteiger partial charge in [-0.3, -0.25) is 4.90 Å². The quantitative estimate of drug-likeness (QED) is 0.786. The molecule has 0 aliphatic rings. The van der Waals surface area contributed by atoms with E-state index >= 15 is 0 Å². The van der Waals surface area contributed by atoms with E-state index in [1.807, 2.05) is 6.07 Å². The SMILES string of the molecule is CC(C)CN(CCC#N)Cc1ccc(C#CCCO)s1. The van der Waals surface area contributed by atoms with Crippen LogP contribution in [0.5, 0.6) is 0 Å². The van der Waals surface area contributed by atoms with Crippen molar-refractivity contribution < 1.29 is 5.11 Å². The molecular formula is C16H22N2OS. The van der Waals surface area contributed by atoms with Crippen LogP contribution >= 0.6 is 11.3 Å². The fraction of sp³-hybridized carbons (Fsp3) is 0.562. The van der Waals surface area contributed by atoms with Crippen molar-refractivity contribution in [2.45, 2.75) is 33.2 Å². The zero-order chi connectivity index (χ0) is 14.8. The Balaban J connectivity index is 2.60. The number of thiophene rings is 1. The summed E-state index contributed by atoms with van der Waals surface area (Å²) in [4.78, 5) is 4.64. The summed E-state index contributed by atoms with van der Waals surface area (Å²) < 4.78 is 0. The maximum atomic E-state index is 8.73. The molecule has 0 spiro atoms. The lowest BCUT2D eigenvalue weighted by Gasteiger charge is -2.22. The molecule has 1 aromatic rings.